The van der Waals surface area contributed by atoms with Crippen molar-refractivity contribution in [2.24, 2.45) is 0 Å². The van der Waals surface area contributed by atoms with Gasteiger partial charge in [0.1, 0.15) is 10.8 Å². The number of nitrogens with zero attached hydrogens (tertiary/aromatic N) is 3. The first-order chi connectivity index (χ1) is 7.70. The first kappa shape index (κ1) is 10.6. The van der Waals surface area contributed by atoms with E-state index in [1.165, 1.54) is 7.11 Å². The highest BCUT2D eigenvalue weighted by atomic mass is 35.5. The largest absolute Gasteiger partial charge is 0.462 e. The Bertz CT molecular complexity index is 526. The van der Waals surface area contributed by atoms with Crippen LogP contribution in [-0.2, 0) is 4.74 Å². The van der Waals surface area contributed by atoms with E-state index in [2.05, 4.69) is 19.9 Å². The number of aromatic nitrogens is 3. The van der Waals surface area contributed by atoms with Crippen molar-refractivity contribution in [3.8, 4) is 11.5 Å². The number of halogens is 1. The zero-order valence-electron chi connectivity index (χ0n) is 8.18. The summed E-state index contributed by atoms with van der Waals surface area (Å²) < 4.78 is 9.12. The fourth-order valence-corrected chi connectivity index (χ4v) is 1.19. The van der Waals surface area contributed by atoms with Crippen LogP contribution in [0.5, 0.6) is 0 Å². The Kier molecular flexibility index (Phi) is 2.82. The summed E-state index contributed by atoms with van der Waals surface area (Å²) in [7, 11) is 1.23. The van der Waals surface area contributed by atoms with Gasteiger partial charge in [-0.1, -0.05) is 22.8 Å². The molecule has 0 saturated heterocycles. The molecule has 0 aliphatic rings. The van der Waals surface area contributed by atoms with Gasteiger partial charge in [-0.3, -0.25) is 0 Å². The van der Waals surface area contributed by atoms with Gasteiger partial charge >= 0.3 is 11.9 Å². The normalized spacial score (nSPS) is 10.1. The molecular weight excluding hydrogens is 234 g/mol. The van der Waals surface area contributed by atoms with Crippen LogP contribution in [0.15, 0.2) is 22.7 Å². The highest BCUT2D eigenvalue weighted by Crippen LogP contribution is 2.15. The molecule has 0 amide bonds. The Balaban J connectivity index is 2.35. The van der Waals surface area contributed by atoms with E-state index in [9.17, 15) is 4.79 Å². The van der Waals surface area contributed by atoms with Gasteiger partial charge in [-0.15, -0.1) is 0 Å². The van der Waals surface area contributed by atoms with Crippen molar-refractivity contribution in [2.75, 3.05) is 7.11 Å². The van der Waals surface area contributed by atoms with Crippen LogP contribution in [0, 0.1) is 0 Å². The zero-order chi connectivity index (χ0) is 11.5. The lowest BCUT2D eigenvalue weighted by atomic mass is 10.3. The molecule has 0 aromatic carbocycles. The molecule has 0 aliphatic heterocycles. The van der Waals surface area contributed by atoms with E-state index in [1.54, 1.807) is 18.2 Å². The maximum Gasteiger partial charge on any atom is 0.397 e. The molecule has 0 bridgehead atoms. The molecule has 6 nitrogen and oxygen atoms in total. The van der Waals surface area contributed by atoms with E-state index in [-0.39, 0.29) is 11.7 Å². The molecule has 16 heavy (non-hydrogen) atoms. The molecular formula is C9H6ClN3O3. The molecule has 0 fully saturated rings. The fraction of sp³-hybridized carbons (Fsp3) is 0.111. The van der Waals surface area contributed by atoms with Crippen LogP contribution in [0.25, 0.3) is 11.5 Å². The summed E-state index contributed by atoms with van der Waals surface area (Å²) in [5, 5.41) is 3.90. The average molecular weight is 240 g/mol. The maximum atomic E-state index is 11.1. The first-order valence-electron chi connectivity index (χ1n) is 4.25. The third kappa shape index (κ3) is 2.01. The summed E-state index contributed by atoms with van der Waals surface area (Å²) in [6, 6.07) is 4.96. The van der Waals surface area contributed by atoms with Crippen molar-refractivity contribution in [1.82, 2.24) is 15.1 Å². The van der Waals surface area contributed by atoms with E-state index < -0.39 is 5.97 Å². The number of carbonyl (C=O) groups is 1. The monoisotopic (exact) mass is 239 g/mol. The molecule has 0 radical (unpaired) electrons. The Labute approximate surface area is 95.2 Å². The van der Waals surface area contributed by atoms with Gasteiger partial charge in [-0.25, -0.2) is 9.78 Å². The number of carbonyl (C=O) groups excluding carboxylic acids is 1. The van der Waals surface area contributed by atoms with Gasteiger partial charge in [0.05, 0.1) is 7.11 Å². The van der Waals surface area contributed by atoms with E-state index in [1.807, 2.05) is 0 Å². The van der Waals surface area contributed by atoms with Gasteiger partial charge in [0.2, 0.25) is 5.82 Å². The molecule has 82 valence electrons. The van der Waals surface area contributed by atoms with Gasteiger partial charge in [0.25, 0.3) is 0 Å². The smallest absolute Gasteiger partial charge is 0.397 e. The molecule has 0 spiro atoms. The third-order valence-corrected chi connectivity index (χ3v) is 1.94. The predicted molar refractivity (Wildman–Crippen MR) is 53.9 cm³/mol. The molecule has 2 heterocycles. The molecule has 0 saturated carbocycles. The number of hydrogen-bond donors (Lipinski definition) is 0. The van der Waals surface area contributed by atoms with Crippen LogP contribution in [0.1, 0.15) is 10.7 Å². The van der Waals surface area contributed by atoms with Crippen molar-refractivity contribution in [3.63, 3.8) is 0 Å². The molecule has 2 rings (SSSR count). The lowest BCUT2D eigenvalue weighted by Crippen LogP contribution is -2.01. The van der Waals surface area contributed by atoms with Crippen LogP contribution in [0.2, 0.25) is 5.15 Å². The second-order valence-corrected chi connectivity index (χ2v) is 3.15. The van der Waals surface area contributed by atoms with Crippen molar-refractivity contribution in [1.29, 1.82) is 0 Å². The minimum absolute atomic E-state index is 0.183. The minimum atomic E-state index is -0.694. The Morgan fingerprint density at radius 2 is 2.25 bits per heavy atom. The van der Waals surface area contributed by atoms with Gasteiger partial charge in [-0.2, -0.15) is 4.98 Å². The van der Waals surface area contributed by atoms with E-state index in [0.717, 1.165) is 0 Å². The van der Waals surface area contributed by atoms with E-state index in [0.29, 0.717) is 10.8 Å². The van der Waals surface area contributed by atoms with Crippen molar-refractivity contribution in [3.05, 3.63) is 29.2 Å². The van der Waals surface area contributed by atoms with Gasteiger partial charge in [0.15, 0.2) is 0 Å². The number of rotatable bonds is 2. The van der Waals surface area contributed by atoms with Crippen molar-refractivity contribution < 1.29 is 14.1 Å². The summed E-state index contributed by atoms with van der Waals surface area (Å²) in [5.41, 5.74) is 0.423. The van der Waals surface area contributed by atoms with Crippen molar-refractivity contribution in [2.45, 2.75) is 0 Å². The highest BCUT2D eigenvalue weighted by Gasteiger charge is 2.16. The number of pyridine rings is 1. The topological polar surface area (TPSA) is 78.1 Å². The molecule has 0 unspecified atom stereocenters. The van der Waals surface area contributed by atoms with Crippen LogP contribution < -0.4 is 0 Å². The Hall–Kier alpha value is -1.95. The van der Waals surface area contributed by atoms with Gasteiger partial charge in [-0.05, 0) is 12.1 Å². The summed E-state index contributed by atoms with van der Waals surface area (Å²) in [6.45, 7) is 0. The lowest BCUT2D eigenvalue weighted by Gasteiger charge is -1.92. The van der Waals surface area contributed by atoms with Gasteiger partial charge in [0, 0.05) is 0 Å². The number of methoxy groups -OCH3 is 1. The lowest BCUT2D eigenvalue weighted by molar-refractivity contribution is 0.0545. The molecule has 2 aromatic rings. The van der Waals surface area contributed by atoms with Crippen LogP contribution in [0.3, 0.4) is 0 Å². The summed E-state index contributed by atoms with van der Waals surface area (Å²) in [5.74, 6) is -0.733. The Morgan fingerprint density at radius 1 is 1.44 bits per heavy atom. The second kappa shape index (κ2) is 4.28. The minimum Gasteiger partial charge on any atom is -0.462 e. The number of ether oxygens (including phenoxy) is 1. The molecule has 0 atom stereocenters. The van der Waals surface area contributed by atoms with E-state index >= 15 is 0 Å². The third-order valence-electron chi connectivity index (χ3n) is 1.73. The average Bonchev–Trinajstić information content (AvgIpc) is 2.77. The summed E-state index contributed by atoms with van der Waals surface area (Å²) in [6.07, 6.45) is 0. The SMILES string of the molecule is COC(=O)c1nc(-c2cccc(Cl)n2)no1. The van der Waals surface area contributed by atoms with Crippen molar-refractivity contribution >= 4 is 17.6 Å². The molecule has 0 aliphatic carbocycles. The zero-order valence-corrected chi connectivity index (χ0v) is 8.93. The number of esters is 1. The van der Waals surface area contributed by atoms with Gasteiger partial charge < -0.3 is 9.26 Å². The Morgan fingerprint density at radius 3 is 2.94 bits per heavy atom. The fourth-order valence-electron chi connectivity index (χ4n) is 1.03. The summed E-state index contributed by atoms with van der Waals surface area (Å²) >= 11 is 5.70. The van der Waals surface area contributed by atoms with E-state index in [4.69, 9.17) is 16.1 Å². The molecule has 7 heteroatoms. The van der Waals surface area contributed by atoms with Crippen LogP contribution in [0.4, 0.5) is 0 Å². The predicted octanol–water partition coefficient (Wildman–Crippen LogP) is 1.57. The number of hydrogen-bond acceptors (Lipinski definition) is 6. The maximum absolute atomic E-state index is 11.1. The van der Waals surface area contributed by atoms with Crippen LogP contribution in [-0.4, -0.2) is 28.2 Å². The standard InChI is InChI=1S/C9H6ClN3O3/c1-15-9(14)8-12-7(13-16-8)5-3-2-4-6(10)11-5/h2-4H,1H3. The molecule has 2 aromatic heterocycles. The van der Waals surface area contributed by atoms with Crippen LogP contribution >= 0.6 is 11.6 Å². The highest BCUT2D eigenvalue weighted by molar-refractivity contribution is 6.29. The first-order valence-corrected chi connectivity index (χ1v) is 4.63. The second-order valence-electron chi connectivity index (χ2n) is 2.76. The summed E-state index contributed by atoms with van der Waals surface area (Å²) in [4.78, 5) is 18.8. The molecule has 0 N–H and O–H groups in total. The quantitative estimate of drug-likeness (QED) is 0.585.